The van der Waals surface area contributed by atoms with Crippen molar-refractivity contribution in [3.63, 3.8) is 0 Å². The van der Waals surface area contributed by atoms with Crippen LogP contribution in [0.15, 0.2) is 48.5 Å². The van der Waals surface area contributed by atoms with Gasteiger partial charge < -0.3 is 5.73 Å². The molecule has 0 spiro atoms. The highest BCUT2D eigenvalue weighted by Crippen LogP contribution is 2.27. The molecule has 3 rings (SSSR count). The number of para-hydroxylation sites is 1. The summed E-state index contributed by atoms with van der Waals surface area (Å²) in [7, 11) is 0. The summed E-state index contributed by atoms with van der Waals surface area (Å²) in [5, 5.41) is 8.46. The summed E-state index contributed by atoms with van der Waals surface area (Å²) in [5.41, 5.74) is 11.2. The van der Waals surface area contributed by atoms with E-state index in [1.807, 2.05) is 62.4 Å². The van der Waals surface area contributed by atoms with E-state index in [-0.39, 0.29) is 0 Å². The number of benzene rings is 2. The van der Waals surface area contributed by atoms with Gasteiger partial charge in [0.2, 0.25) is 0 Å². The van der Waals surface area contributed by atoms with E-state index in [1.54, 1.807) is 4.68 Å². The number of nitrogen functional groups attached to an aromatic ring is 1. The topological polar surface area (TPSA) is 56.7 Å². The molecule has 0 bridgehead atoms. The number of nitrogens with zero attached hydrogens (tertiary/aromatic N) is 3. The van der Waals surface area contributed by atoms with Gasteiger partial charge in [-0.3, -0.25) is 0 Å². The van der Waals surface area contributed by atoms with Crippen LogP contribution in [0.1, 0.15) is 11.1 Å². The zero-order valence-electron chi connectivity index (χ0n) is 11.5. The molecule has 0 atom stereocenters. The van der Waals surface area contributed by atoms with Crippen molar-refractivity contribution >= 4 is 5.82 Å². The molecule has 100 valence electrons. The highest BCUT2D eigenvalue weighted by Gasteiger charge is 2.15. The molecule has 4 heteroatoms. The Balaban J connectivity index is 2.17. The first-order valence-electron chi connectivity index (χ1n) is 6.51. The molecule has 1 aromatic heterocycles. The normalized spacial score (nSPS) is 10.7. The lowest BCUT2D eigenvalue weighted by molar-refractivity contribution is 0.801. The third-order valence-corrected chi connectivity index (χ3v) is 3.40. The van der Waals surface area contributed by atoms with Gasteiger partial charge in [0, 0.05) is 5.56 Å². The third kappa shape index (κ3) is 1.95. The van der Waals surface area contributed by atoms with Gasteiger partial charge in [0.25, 0.3) is 0 Å². The van der Waals surface area contributed by atoms with Crippen molar-refractivity contribution in [2.24, 2.45) is 0 Å². The van der Waals surface area contributed by atoms with E-state index in [4.69, 9.17) is 5.73 Å². The number of aromatic nitrogens is 3. The van der Waals surface area contributed by atoms with Crippen LogP contribution in [-0.4, -0.2) is 15.0 Å². The Kier molecular flexibility index (Phi) is 2.99. The number of hydrogen-bond donors (Lipinski definition) is 1. The summed E-state index contributed by atoms with van der Waals surface area (Å²) in [4.78, 5) is 0. The maximum Gasteiger partial charge on any atom is 0.155 e. The van der Waals surface area contributed by atoms with E-state index >= 15 is 0 Å². The van der Waals surface area contributed by atoms with Gasteiger partial charge in [-0.2, -0.15) is 4.68 Å². The molecule has 20 heavy (non-hydrogen) atoms. The van der Waals surface area contributed by atoms with E-state index in [9.17, 15) is 0 Å². The quantitative estimate of drug-likeness (QED) is 0.773. The molecule has 0 saturated heterocycles. The molecule has 0 saturated carbocycles. The van der Waals surface area contributed by atoms with Crippen LogP contribution in [0.3, 0.4) is 0 Å². The van der Waals surface area contributed by atoms with Crippen molar-refractivity contribution < 1.29 is 0 Å². The Morgan fingerprint density at radius 3 is 2.20 bits per heavy atom. The molecule has 4 nitrogen and oxygen atoms in total. The van der Waals surface area contributed by atoms with Gasteiger partial charge in [0.1, 0.15) is 5.69 Å². The highest BCUT2D eigenvalue weighted by molar-refractivity contribution is 5.71. The number of nitrogens with two attached hydrogens (primary N) is 1. The van der Waals surface area contributed by atoms with Crippen molar-refractivity contribution in [1.29, 1.82) is 0 Å². The van der Waals surface area contributed by atoms with Crippen LogP contribution in [0.25, 0.3) is 16.9 Å². The van der Waals surface area contributed by atoms with Crippen molar-refractivity contribution in [3.8, 4) is 16.9 Å². The van der Waals surface area contributed by atoms with Gasteiger partial charge in [0.15, 0.2) is 5.82 Å². The molecule has 0 fully saturated rings. The Morgan fingerprint density at radius 1 is 0.900 bits per heavy atom. The van der Waals surface area contributed by atoms with Gasteiger partial charge in [-0.15, -0.1) is 5.10 Å². The summed E-state index contributed by atoms with van der Waals surface area (Å²) < 4.78 is 1.72. The summed E-state index contributed by atoms with van der Waals surface area (Å²) >= 11 is 0. The zero-order valence-corrected chi connectivity index (χ0v) is 11.5. The van der Waals surface area contributed by atoms with Crippen LogP contribution in [0, 0.1) is 13.8 Å². The lowest BCUT2D eigenvalue weighted by atomic mass is 10.1. The molecule has 2 aromatic carbocycles. The molecule has 1 heterocycles. The Labute approximate surface area is 117 Å². The fourth-order valence-corrected chi connectivity index (χ4v) is 2.40. The molecule has 3 aromatic rings. The Bertz CT molecular complexity index is 724. The van der Waals surface area contributed by atoms with Crippen LogP contribution in [0.2, 0.25) is 0 Å². The van der Waals surface area contributed by atoms with Crippen LogP contribution < -0.4 is 5.73 Å². The van der Waals surface area contributed by atoms with Crippen LogP contribution >= 0.6 is 0 Å². The number of aryl methyl sites for hydroxylation is 2. The molecule has 0 radical (unpaired) electrons. The minimum absolute atomic E-state index is 0.564. The molecule has 0 amide bonds. The lowest BCUT2D eigenvalue weighted by Gasteiger charge is -2.10. The highest BCUT2D eigenvalue weighted by atomic mass is 15.5. The first-order valence-corrected chi connectivity index (χ1v) is 6.51. The van der Waals surface area contributed by atoms with Crippen molar-refractivity contribution in [2.75, 3.05) is 5.73 Å². The van der Waals surface area contributed by atoms with E-state index in [0.29, 0.717) is 11.5 Å². The Morgan fingerprint density at radius 2 is 1.55 bits per heavy atom. The molecular weight excluding hydrogens is 248 g/mol. The first kappa shape index (κ1) is 12.4. The summed E-state index contributed by atoms with van der Waals surface area (Å²) in [6.07, 6.45) is 0. The second kappa shape index (κ2) is 4.81. The van der Waals surface area contributed by atoms with Gasteiger partial charge in [-0.25, -0.2) is 0 Å². The van der Waals surface area contributed by atoms with Gasteiger partial charge >= 0.3 is 0 Å². The van der Waals surface area contributed by atoms with E-state index in [1.165, 1.54) is 0 Å². The fraction of sp³-hybridized carbons (Fsp3) is 0.125. The van der Waals surface area contributed by atoms with E-state index < -0.39 is 0 Å². The average molecular weight is 264 g/mol. The summed E-state index contributed by atoms with van der Waals surface area (Å²) in [6, 6.07) is 16.0. The maximum absolute atomic E-state index is 6.24. The first-order chi connectivity index (χ1) is 9.68. The predicted octanol–water partition coefficient (Wildman–Crippen LogP) is 3.13. The summed E-state index contributed by atoms with van der Waals surface area (Å²) in [6.45, 7) is 4.09. The van der Waals surface area contributed by atoms with Gasteiger partial charge in [-0.1, -0.05) is 53.7 Å². The number of rotatable bonds is 2. The second-order valence-electron chi connectivity index (χ2n) is 4.84. The number of hydrogen-bond acceptors (Lipinski definition) is 3. The van der Waals surface area contributed by atoms with Gasteiger partial charge in [0.05, 0.1) is 5.69 Å². The smallest absolute Gasteiger partial charge is 0.155 e. The Hall–Kier alpha value is -2.62. The van der Waals surface area contributed by atoms with E-state index in [0.717, 1.165) is 22.4 Å². The number of anilines is 1. The van der Waals surface area contributed by atoms with Crippen LogP contribution in [0.5, 0.6) is 0 Å². The standard InChI is InChI=1S/C16H16N4/c1-11-7-6-8-12(2)15(11)20-16(17)14(18-19-20)13-9-4-3-5-10-13/h3-10H,17H2,1-2H3. The summed E-state index contributed by atoms with van der Waals surface area (Å²) in [5.74, 6) is 0.564. The SMILES string of the molecule is Cc1cccc(C)c1-n1nnc(-c2ccccc2)c1N. The molecule has 0 aliphatic carbocycles. The zero-order chi connectivity index (χ0) is 14.1. The monoisotopic (exact) mass is 264 g/mol. The van der Waals surface area contributed by atoms with Crippen LogP contribution in [-0.2, 0) is 0 Å². The minimum Gasteiger partial charge on any atom is -0.382 e. The largest absolute Gasteiger partial charge is 0.382 e. The molecule has 0 aliphatic heterocycles. The predicted molar refractivity (Wildman–Crippen MR) is 80.7 cm³/mol. The minimum atomic E-state index is 0.564. The average Bonchev–Trinajstić information content (AvgIpc) is 2.82. The fourth-order valence-electron chi connectivity index (χ4n) is 2.40. The third-order valence-electron chi connectivity index (χ3n) is 3.40. The van der Waals surface area contributed by atoms with E-state index in [2.05, 4.69) is 10.3 Å². The van der Waals surface area contributed by atoms with Crippen LogP contribution in [0.4, 0.5) is 5.82 Å². The van der Waals surface area contributed by atoms with Gasteiger partial charge in [-0.05, 0) is 25.0 Å². The lowest BCUT2D eigenvalue weighted by Crippen LogP contribution is -2.06. The molecule has 0 aliphatic rings. The van der Waals surface area contributed by atoms with Crippen molar-refractivity contribution in [1.82, 2.24) is 15.0 Å². The molecule has 0 unspecified atom stereocenters. The van der Waals surface area contributed by atoms with Crippen molar-refractivity contribution in [2.45, 2.75) is 13.8 Å². The maximum atomic E-state index is 6.24. The second-order valence-corrected chi connectivity index (χ2v) is 4.84. The molecular formula is C16H16N4. The van der Waals surface area contributed by atoms with Crippen molar-refractivity contribution in [3.05, 3.63) is 59.7 Å². The molecule has 2 N–H and O–H groups in total.